The van der Waals surface area contributed by atoms with Crippen LogP contribution in [0.25, 0.3) is 0 Å². The van der Waals surface area contributed by atoms with Crippen LogP contribution in [0.3, 0.4) is 0 Å². The summed E-state index contributed by atoms with van der Waals surface area (Å²) >= 11 is 0. The summed E-state index contributed by atoms with van der Waals surface area (Å²) in [6.07, 6.45) is 0.400. The molecule has 1 atom stereocenters. The summed E-state index contributed by atoms with van der Waals surface area (Å²) in [6.45, 7) is 6.06. The summed E-state index contributed by atoms with van der Waals surface area (Å²) < 4.78 is 0. The fourth-order valence-corrected chi connectivity index (χ4v) is 3.50. The van der Waals surface area contributed by atoms with Gasteiger partial charge in [-0.1, -0.05) is 26.3 Å². The minimum absolute atomic E-state index is 0.116. The van der Waals surface area contributed by atoms with Gasteiger partial charge in [0.2, 0.25) is 0 Å². The summed E-state index contributed by atoms with van der Waals surface area (Å²) in [6, 6.07) is 4.16. The Bertz CT molecular complexity index is 573. The van der Waals surface area contributed by atoms with Crippen LogP contribution in [0, 0.1) is 20.8 Å². The van der Waals surface area contributed by atoms with Gasteiger partial charge in [0.05, 0.1) is 6.16 Å². The van der Waals surface area contributed by atoms with Crippen molar-refractivity contribution in [1.82, 2.24) is 5.06 Å². The van der Waals surface area contributed by atoms with Crippen molar-refractivity contribution in [3.63, 3.8) is 0 Å². The third-order valence-corrected chi connectivity index (χ3v) is 4.89. The molecule has 1 saturated heterocycles. The van der Waals surface area contributed by atoms with Crippen molar-refractivity contribution in [2.75, 3.05) is 6.16 Å². The van der Waals surface area contributed by atoms with Gasteiger partial charge >= 0.3 is 5.97 Å². The van der Waals surface area contributed by atoms with E-state index in [-0.39, 0.29) is 27.6 Å². The normalized spacial score (nSPS) is 15.3. The fraction of sp³-hybridized carbons (Fsp3) is 0.400. The van der Waals surface area contributed by atoms with Crippen LogP contribution in [0.4, 0.5) is 0 Å². The summed E-state index contributed by atoms with van der Waals surface area (Å²) in [4.78, 5) is 39.4. The summed E-state index contributed by atoms with van der Waals surface area (Å²) in [5.74, 6) is -1.44. The Hall–Kier alpha value is -1.74. The van der Waals surface area contributed by atoms with Crippen LogP contribution in [0.15, 0.2) is 12.1 Å². The molecule has 6 heteroatoms. The molecule has 0 saturated carbocycles. The first-order valence-electron chi connectivity index (χ1n) is 6.77. The molecule has 2 rings (SSSR count). The first-order valence-corrected chi connectivity index (χ1v) is 7.97. The topological polar surface area (TPSA) is 63.7 Å². The van der Waals surface area contributed by atoms with Gasteiger partial charge in [-0.05, 0) is 37.2 Å². The van der Waals surface area contributed by atoms with E-state index in [0.29, 0.717) is 5.06 Å². The van der Waals surface area contributed by atoms with Gasteiger partial charge in [-0.2, -0.15) is 0 Å². The maximum atomic E-state index is 11.8. The van der Waals surface area contributed by atoms with Crippen LogP contribution < -0.4 is 5.30 Å². The van der Waals surface area contributed by atoms with E-state index in [9.17, 15) is 14.4 Å². The van der Waals surface area contributed by atoms with Crippen LogP contribution in [0.1, 0.15) is 29.5 Å². The lowest BCUT2D eigenvalue weighted by atomic mass is 10.1. The van der Waals surface area contributed by atoms with Crippen molar-refractivity contribution in [2.45, 2.75) is 33.6 Å². The monoisotopic (exact) mass is 307 g/mol. The number of amides is 2. The highest BCUT2D eigenvalue weighted by atomic mass is 31.1. The molecule has 0 aliphatic carbocycles. The molecular weight excluding hydrogens is 289 g/mol. The third kappa shape index (κ3) is 3.67. The summed E-state index contributed by atoms with van der Waals surface area (Å²) in [7, 11) is 0.262. The maximum absolute atomic E-state index is 11.8. The molecule has 2 amide bonds. The first kappa shape index (κ1) is 15.6. The molecule has 0 radical (unpaired) electrons. The molecule has 112 valence electrons. The van der Waals surface area contributed by atoms with Crippen LogP contribution in [0.2, 0.25) is 0 Å². The lowest BCUT2D eigenvalue weighted by Crippen LogP contribution is -2.32. The van der Waals surface area contributed by atoms with Gasteiger partial charge in [-0.25, -0.2) is 4.79 Å². The van der Waals surface area contributed by atoms with E-state index in [4.69, 9.17) is 4.84 Å². The highest BCUT2D eigenvalue weighted by Gasteiger charge is 2.32. The Morgan fingerprint density at radius 3 is 2.19 bits per heavy atom. The van der Waals surface area contributed by atoms with Crippen LogP contribution >= 0.6 is 8.58 Å². The fourth-order valence-electron chi connectivity index (χ4n) is 2.41. The predicted molar refractivity (Wildman–Crippen MR) is 80.6 cm³/mol. The second kappa shape index (κ2) is 6.35. The average molecular weight is 307 g/mol. The van der Waals surface area contributed by atoms with Crippen LogP contribution in [-0.4, -0.2) is 29.0 Å². The van der Waals surface area contributed by atoms with E-state index >= 15 is 0 Å². The van der Waals surface area contributed by atoms with Gasteiger partial charge in [0, 0.05) is 12.8 Å². The van der Waals surface area contributed by atoms with Gasteiger partial charge in [0.15, 0.2) is 0 Å². The molecule has 1 aliphatic heterocycles. The van der Waals surface area contributed by atoms with E-state index in [0.717, 1.165) is 16.4 Å². The molecular formula is C15H18NO4P. The predicted octanol–water partition coefficient (Wildman–Crippen LogP) is 1.52. The van der Waals surface area contributed by atoms with Crippen molar-refractivity contribution in [2.24, 2.45) is 0 Å². The largest absolute Gasteiger partial charge is 0.337 e. The van der Waals surface area contributed by atoms with E-state index in [1.165, 1.54) is 5.56 Å². The molecule has 1 unspecified atom stereocenters. The minimum Gasteiger partial charge on any atom is -0.330 e. The highest BCUT2D eigenvalue weighted by molar-refractivity contribution is 7.48. The van der Waals surface area contributed by atoms with Gasteiger partial charge in [-0.15, -0.1) is 5.06 Å². The van der Waals surface area contributed by atoms with Gasteiger partial charge in [-0.3, -0.25) is 9.59 Å². The number of hydrogen-bond acceptors (Lipinski definition) is 4. The van der Waals surface area contributed by atoms with Crippen molar-refractivity contribution in [1.29, 1.82) is 0 Å². The Kier molecular flexibility index (Phi) is 4.73. The molecule has 1 aromatic rings. The molecule has 1 heterocycles. The van der Waals surface area contributed by atoms with Crippen LogP contribution in [0.5, 0.6) is 0 Å². The number of carbonyl (C=O) groups is 3. The Morgan fingerprint density at radius 2 is 1.67 bits per heavy atom. The Morgan fingerprint density at radius 1 is 1.14 bits per heavy atom. The third-order valence-electron chi connectivity index (χ3n) is 3.29. The number of hydrogen-bond donors (Lipinski definition) is 0. The zero-order valence-corrected chi connectivity index (χ0v) is 13.4. The van der Waals surface area contributed by atoms with Gasteiger partial charge in [0.1, 0.15) is 0 Å². The lowest BCUT2D eigenvalue weighted by Gasteiger charge is -2.14. The highest BCUT2D eigenvalue weighted by Crippen LogP contribution is 2.19. The lowest BCUT2D eigenvalue weighted by molar-refractivity contribution is -0.195. The van der Waals surface area contributed by atoms with Gasteiger partial charge in [0.25, 0.3) is 11.8 Å². The smallest absolute Gasteiger partial charge is 0.330 e. The summed E-state index contributed by atoms with van der Waals surface area (Å²) in [5.41, 5.74) is 3.48. The van der Waals surface area contributed by atoms with Crippen molar-refractivity contribution in [3.8, 4) is 0 Å². The molecule has 5 nitrogen and oxygen atoms in total. The first-order chi connectivity index (χ1) is 9.88. The Balaban J connectivity index is 1.96. The zero-order chi connectivity index (χ0) is 15.6. The molecule has 0 bridgehead atoms. The van der Waals surface area contributed by atoms with E-state index in [1.807, 2.05) is 20.8 Å². The van der Waals surface area contributed by atoms with E-state index in [1.54, 1.807) is 0 Å². The summed E-state index contributed by atoms with van der Waals surface area (Å²) in [5, 5.41) is 1.73. The van der Waals surface area contributed by atoms with Crippen molar-refractivity contribution >= 4 is 31.7 Å². The minimum atomic E-state index is -0.545. The van der Waals surface area contributed by atoms with Crippen molar-refractivity contribution in [3.05, 3.63) is 28.8 Å². The second-order valence-corrected chi connectivity index (χ2v) is 6.38. The molecule has 1 fully saturated rings. The number of carbonyl (C=O) groups excluding carboxylic acids is 3. The quantitative estimate of drug-likeness (QED) is 0.625. The molecule has 0 aromatic heterocycles. The molecule has 0 N–H and O–H groups in total. The molecule has 1 aromatic carbocycles. The zero-order valence-electron chi connectivity index (χ0n) is 12.4. The van der Waals surface area contributed by atoms with Gasteiger partial charge < -0.3 is 4.84 Å². The van der Waals surface area contributed by atoms with Crippen molar-refractivity contribution < 1.29 is 19.2 Å². The second-order valence-electron chi connectivity index (χ2n) is 5.17. The van der Waals surface area contributed by atoms with Crippen LogP contribution in [-0.2, 0) is 19.2 Å². The molecule has 21 heavy (non-hydrogen) atoms. The van der Waals surface area contributed by atoms with E-state index < -0.39 is 17.8 Å². The number of imide groups is 1. The number of benzene rings is 1. The standard InChI is InChI=1S/C15H18NO4P/c1-9-6-10(2)15(11(3)7-9)21-8-14(19)20-16-12(17)4-5-13(16)18/h6-7,21H,4-5,8H2,1-3H3. The number of nitrogens with zero attached hydrogens (tertiary/aromatic N) is 1. The SMILES string of the molecule is Cc1cc(C)c(PCC(=O)ON2C(=O)CCC2=O)c(C)c1. The molecule has 0 spiro atoms. The average Bonchev–Trinajstić information content (AvgIpc) is 2.69. The van der Waals surface area contributed by atoms with E-state index in [2.05, 4.69) is 12.1 Å². The number of hydroxylamine groups is 2. The molecule has 1 aliphatic rings. The maximum Gasteiger partial charge on any atom is 0.337 e. The number of rotatable bonds is 4. The Labute approximate surface area is 125 Å². The number of aryl methyl sites for hydroxylation is 3.